The average Bonchev–Trinajstić information content (AvgIpc) is 2.34. The summed E-state index contributed by atoms with van der Waals surface area (Å²) in [6, 6.07) is 5.98. The van der Waals surface area contributed by atoms with Crippen molar-refractivity contribution in [2.75, 3.05) is 6.54 Å². The van der Waals surface area contributed by atoms with E-state index in [0.29, 0.717) is 17.9 Å². The Morgan fingerprint density at radius 1 is 1.45 bits per heavy atom. The summed E-state index contributed by atoms with van der Waals surface area (Å²) in [5.41, 5.74) is -0.272. The van der Waals surface area contributed by atoms with Crippen LogP contribution in [0.2, 0.25) is 0 Å². The third-order valence-electron chi connectivity index (χ3n) is 3.18. The van der Waals surface area contributed by atoms with Crippen LogP contribution in [0.1, 0.15) is 39.2 Å². The molecule has 112 valence electrons. The number of carbonyl (C=O) groups excluding carboxylic acids is 1. The Hall–Kier alpha value is -1.42. The van der Waals surface area contributed by atoms with E-state index in [2.05, 4.69) is 19.2 Å². The molecule has 0 spiro atoms. The number of amides is 1. The molecular formula is C16H24FNO2. The minimum absolute atomic E-state index is 0.123. The second kappa shape index (κ2) is 7.39. The van der Waals surface area contributed by atoms with Gasteiger partial charge in [0.25, 0.3) is 0 Å². The zero-order valence-corrected chi connectivity index (χ0v) is 12.4. The Labute approximate surface area is 120 Å². The SMILES string of the molecule is CC(C)CCC(C)(O)CNC(=O)Cc1cccc(F)c1. The molecule has 1 aromatic carbocycles. The molecule has 1 rings (SSSR count). The lowest BCUT2D eigenvalue weighted by Crippen LogP contribution is -2.41. The van der Waals surface area contributed by atoms with Gasteiger partial charge >= 0.3 is 0 Å². The van der Waals surface area contributed by atoms with E-state index in [1.807, 2.05) is 0 Å². The van der Waals surface area contributed by atoms with Crippen LogP contribution in [0.5, 0.6) is 0 Å². The van der Waals surface area contributed by atoms with Gasteiger partial charge in [-0.25, -0.2) is 4.39 Å². The van der Waals surface area contributed by atoms with Crippen molar-refractivity contribution in [1.29, 1.82) is 0 Å². The van der Waals surface area contributed by atoms with Crippen molar-refractivity contribution in [1.82, 2.24) is 5.32 Å². The van der Waals surface area contributed by atoms with Crippen LogP contribution in [0, 0.1) is 11.7 Å². The molecule has 0 saturated carbocycles. The van der Waals surface area contributed by atoms with Crippen molar-refractivity contribution < 1.29 is 14.3 Å². The first kappa shape index (κ1) is 16.6. The maximum Gasteiger partial charge on any atom is 0.224 e. The van der Waals surface area contributed by atoms with E-state index in [1.54, 1.807) is 19.1 Å². The highest BCUT2D eigenvalue weighted by Gasteiger charge is 2.21. The van der Waals surface area contributed by atoms with E-state index in [1.165, 1.54) is 12.1 Å². The summed E-state index contributed by atoms with van der Waals surface area (Å²) in [4.78, 5) is 11.8. The Morgan fingerprint density at radius 2 is 2.15 bits per heavy atom. The summed E-state index contributed by atoms with van der Waals surface area (Å²) in [6.07, 6.45) is 1.68. The van der Waals surface area contributed by atoms with Gasteiger partial charge in [-0.3, -0.25) is 4.79 Å². The highest BCUT2D eigenvalue weighted by molar-refractivity contribution is 5.78. The van der Waals surface area contributed by atoms with Gasteiger partial charge in [-0.2, -0.15) is 0 Å². The standard InChI is InChI=1S/C16H24FNO2/c1-12(2)7-8-16(3,20)11-18-15(19)10-13-5-4-6-14(17)9-13/h4-6,9,12,20H,7-8,10-11H2,1-3H3,(H,18,19). The monoisotopic (exact) mass is 281 g/mol. The molecule has 0 heterocycles. The van der Waals surface area contributed by atoms with Gasteiger partial charge in [-0.1, -0.05) is 26.0 Å². The minimum Gasteiger partial charge on any atom is -0.388 e. The molecule has 0 bridgehead atoms. The van der Waals surface area contributed by atoms with E-state index in [0.717, 1.165) is 6.42 Å². The summed E-state index contributed by atoms with van der Waals surface area (Å²) in [7, 11) is 0. The van der Waals surface area contributed by atoms with Gasteiger partial charge in [0.05, 0.1) is 12.0 Å². The number of benzene rings is 1. The smallest absolute Gasteiger partial charge is 0.224 e. The van der Waals surface area contributed by atoms with E-state index in [9.17, 15) is 14.3 Å². The zero-order valence-electron chi connectivity index (χ0n) is 12.4. The number of carbonyl (C=O) groups is 1. The van der Waals surface area contributed by atoms with Gasteiger partial charge in [0.2, 0.25) is 5.91 Å². The zero-order chi connectivity index (χ0) is 15.2. The molecule has 0 fully saturated rings. The molecule has 3 nitrogen and oxygen atoms in total. The lowest BCUT2D eigenvalue weighted by Gasteiger charge is -2.24. The topological polar surface area (TPSA) is 49.3 Å². The van der Waals surface area contributed by atoms with Gasteiger partial charge in [-0.05, 0) is 43.4 Å². The van der Waals surface area contributed by atoms with E-state index >= 15 is 0 Å². The van der Waals surface area contributed by atoms with Gasteiger partial charge < -0.3 is 10.4 Å². The van der Waals surface area contributed by atoms with Crippen LogP contribution in [0.4, 0.5) is 4.39 Å². The van der Waals surface area contributed by atoms with Crippen molar-refractivity contribution in [2.45, 2.75) is 45.6 Å². The first-order valence-electron chi connectivity index (χ1n) is 7.02. The normalized spacial score (nSPS) is 14.1. The van der Waals surface area contributed by atoms with Gasteiger partial charge in [0.1, 0.15) is 5.82 Å². The molecule has 0 radical (unpaired) electrons. The molecule has 0 aliphatic heterocycles. The molecule has 20 heavy (non-hydrogen) atoms. The third kappa shape index (κ3) is 6.66. The van der Waals surface area contributed by atoms with Gasteiger partial charge in [-0.15, -0.1) is 0 Å². The van der Waals surface area contributed by atoms with Crippen molar-refractivity contribution >= 4 is 5.91 Å². The van der Waals surface area contributed by atoms with Crippen LogP contribution in [0.15, 0.2) is 24.3 Å². The van der Waals surface area contributed by atoms with Gasteiger partial charge in [0, 0.05) is 6.54 Å². The quantitative estimate of drug-likeness (QED) is 0.807. The van der Waals surface area contributed by atoms with Crippen molar-refractivity contribution in [3.8, 4) is 0 Å². The molecule has 0 aromatic heterocycles. The Balaban J connectivity index is 2.39. The number of halogens is 1. The first-order valence-corrected chi connectivity index (χ1v) is 7.02. The van der Waals surface area contributed by atoms with E-state index in [4.69, 9.17) is 0 Å². The lowest BCUT2D eigenvalue weighted by molar-refractivity contribution is -0.121. The Bertz CT molecular complexity index is 444. The fourth-order valence-electron chi connectivity index (χ4n) is 1.87. The van der Waals surface area contributed by atoms with Crippen LogP contribution in [-0.4, -0.2) is 23.2 Å². The largest absolute Gasteiger partial charge is 0.388 e. The molecular weight excluding hydrogens is 257 g/mol. The molecule has 0 aliphatic carbocycles. The second-order valence-electron chi connectivity index (χ2n) is 6.01. The van der Waals surface area contributed by atoms with Crippen molar-refractivity contribution in [3.05, 3.63) is 35.6 Å². The first-order chi connectivity index (χ1) is 9.28. The third-order valence-corrected chi connectivity index (χ3v) is 3.18. The van der Waals surface area contributed by atoms with E-state index in [-0.39, 0.29) is 24.7 Å². The molecule has 1 atom stereocenters. The predicted molar refractivity (Wildman–Crippen MR) is 77.8 cm³/mol. The number of hydrogen-bond acceptors (Lipinski definition) is 2. The molecule has 2 N–H and O–H groups in total. The summed E-state index contributed by atoms with van der Waals surface area (Å²) in [5.74, 6) is -0.0378. The number of aliphatic hydroxyl groups is 1. The number of nitrogens with one attached hydrogen (secondary N) is 1. The molecule has 1 aromatic rings. The summed E-state index contributed by atoms with van der Waals surface area (Å²) < 4.78 is 13.0. The summed E-state index contributed by atoms with van der Waals surface area (Å²) in [6.45, 7) is 6.13. The molecule has 1 amide bonds. The lowest BCUT2D eigenvalue weighted by atomic mass is 9.95. The van der Waals surface area contributed by atoms with Crippen molar-refractivity contribution in [2.24, 2.45) is 5.92 Å². The van der Waals surface area contributed by atoms with Crippen LogP contribution >= 0.6 is 0 Å². The second-order valence-corrected chi connectivity index (χ2v) is 6.01. The van der Waals surface area contributed by atoms with Gasteiger partial charge in [0.15, 0.2) is 0 Å². The van der Waals surface area contributed by atoms with Crippen LogP contribution in [0.3, 0.4) is 0 Å². The Kier molecular flexibility index (Phi) is 6.14. The number of hydrogen-bond donors (Lipinski definition) is 2. The minimum atomic E-state index is -0.901. The fraction of sp³-hybridized carbons (Fsp3) is 0.562. The highest BCUT2D eigenvalue weighted by atomic mass is 19.1. The Morgan fingerprint density at radius 3 is 2.75 bits per heavy atom. The molecule has 4 heteroatoms. The molecule has 1 unspecified atom stereocenters. The van der Waals surface area contributed by atoms with Crippen LogP contribution in [-0.2, 0) is 11.2 Å². The van der Waals surface area contributed by atoms with Crippen LogP contribution < -0.4 is 5.32 Å². The highest BCUT2D eigenvalue weighted by Crippen LogP contribution is 2.15. The average molecular weight is 281 g/mol. The van der Waals surface area contributed by atoms with E-state index < -0.39 is 5.60 Å². The van der Waals surface area contributed by atoms with Crippen LogP contribution in [0.25, 0.3) is 0 Å². The van der Waals surface area contributed by atoms with Crippen molar-refractivity contribution in [3.63, 3.8) is 0 Å². The molecule has 0 aliphatic rings. The molecule has 0 saturated heterocycles. The summed E-state index contributed by atoms with van der Waals surface area (Å²) in [5, 5.41) is 12.9. The summed E-state index contributed by atoms with van der Waals surface area (Å²) >= 11 is 0. The number of rotatable bonds is 7. The fourth-order valence-corrected chi connectivity index (χ4v) is 1.87. The maximum atomic E-state index is 13.0. The maximum absolute atomic E-state index is 13.0. The predicted octanol–water partition coefficient (Wildman–Crippen LogP) is 2.67.